The van der Waals surface area contributed by atoms with Gasteiger partial charge in [-0.3, -0.25) is 4.79 Å². The molecule has 2 aromatic carbocycles. The fourth-order valence-electron chi connectivity index (χ4n) is 2.30. The van der Waals surface area contributed by atoms with Gasteiger partial charge in [-0.25, -0.2) is 13.1 Å². The SMILES string of the molecule is CNS(=O)(=O)c1ccc(Cl)c(C(=O)N(C)Cc2ccc(OC(F)(F)F)cc2)c1. The van der Waals surface area contributed by atoms with Crippen LogP contribution in [0.4, 0.5) is 13.2 Å². The third-order valence-electron chi connectivity index (χ3n) is 3.67. The number of amides is 1. The summed E-state index contributed by atoms with van der Waals surface area (Å²) in [7, 11) is -1.06. The second-order valence-electron chi connectivity index (χ2n) is 5.70. The summed E-state index contributed by atoms with van der Waals surface area (Å²) in [6.07, 6.45) is -4.79. The third kappa shape index (κ3) is 5.60. The fourth-order valence-corrected chi connectivity index (χ4v) is 3.26. The second kappa shape index (κ2) is 8.38. The van der Waals surface area contributed by atoms with Crippen molar-refractivity contribution in [3.8, 4) is 5.75 Å². The highest BCUT2D eigenvalue weighted by Gasteiger charge is 2.31. The Morgan fingerprint density at radius 1 is 1.18 bits per heavy atom. The monoisotopic (exact) mass is 436 g/mol. The van der Waals surface area contributed by atoms with Crippen LogP contribution in [0.15, 0.2) is 47.4 Å². The molecule has 0 aromatic heterocycles. The fraction of sp³-hybridized carbons (Fsp3) is 0.235. The molecule has 2 aromatic rings. The van der Waals surface area contributed by atoms with Crippen molar-refractivity contribution in [2.45, 2.75) is 17.8 Å². The van der Waals surface area contributed by atoms with Gasteiger partial charge in [0.1, 0.15) is 5.75 Å². The van der Waals surface area contributed by atoms with Gasteiger partial charge >= 0.3 is 6.36 Å². The van der Waals surface area contributed by atoms with E-state index < -0.39 is 22.3 Å². The van der Waals surface area contributed by atoms with Gasteiger partial charge < -0.3 is 9.64 Å². The van der Waals surface area contributed by atoms with E-state index in [0.717, 1.165) is 18.2 Å². The molecular formula is C17H16ClF3N2O4S. The standard InChI is InChI=1S/C17H16ClF3N2O4S/c1-22-28(25,26)13-7-8-15(18)14(9-13)16(24)23(2)10-11-3-5-12(6-4-11)27-17(19,20)21/h3-9,22H,10H2,1-2H3. The van der Waals surface area contributed by atoms with Crippen LogP contribution in [0.25, 0.3) is 0 Å². The van der Waals surface area contributed by atoms with Crippen molar-refractivity contribution in [1.29, 1.82) is 0 Å². The zero-order valence-electron chi connectivity index (χ0n) is 14.7. The van der Waals surface area contributed by atoms with Crippen LogP contribution < -0.4 is 9.46 Å². The Morgan fingerprint density at radius 3 is 2.32 bits per heavy atom. The number of nitrogens with one attached hydrogen (secondary N) is 1. The van der Waals surface area contributed by atoms with Crippen molar-refractivity contribution < 1.29 is 31.1 Å². The molecule has 0 bridgehead atoms. The summed E-state index contributed by atoms with van der Waals surface area (Å²) in [5.41, 5.74) is 0.526. The first-order valence-corrected chi connectivity index (χ1v) is 9.62. The lowest BCUT2D eigenvalue weighted by Gasteiger charge is -2.19. The summed E-state index contributed by atoms with van der Waals surface area (Å²) in [6.45, 7) is 0.0600. The molecule has 28 heavy (non-hydrogen) atoms. The van der Waals surface area contributed by atoms with Gasteiger partial charge in [0, 0.05) is 13.6 Å². The molecule has 0 saturated carbocycles. The molecule has 1 amide bonds. The first kappa shape index (κ1) is 22.0. The molecule has 6 nitrogen and oxygen atoms in total. The molecule has 0 spiro atoms. The highest BCUT2D eigenvalue weighted by Crippen LogP contribution is 2.24. The smallest absolute Gasteiger partial charge is 0.406 e. The van der Waals surface area contributed by atoms with E-state index in [2.05, 4.69) is 9.46 Å². The lowest BCUT2D eigenvalue weighted by atomic mass is 10.1. The number of benzene rings is 2. The zero-order valence-corrected chi connectivity index (χ0v) is 16.3. The first-order valence-electron chi connectivity index (χ1n) is 7.76. The number of halogens is 4. The predicted octanol–water partition coefficient (Wildman–Crippen LogP) is 3.42. The molecular weight excluding hydrogens is 421 g/mol. The lowest BCUT2D eigenvalue weighted by Crippen LogP contribution is -2.27. The second-order valence-corrected chi connectivity index (χ2v) is 8.00. The van der Waals surface area contributed by atoms with Crippen LogP contribution in [0.3, 0.4) is 0 Å². The van der Waals surface area contributed by atoms with Crippen molar-refractivity contribution in [1.82, 2.24) is 9.62 Å². The molecule has 0 aliphatic carbocycles. The number of rotatable bonds is 6. The van der Waals surface area contributed by atoms with E-state index in [4.69, 9.17) is 11.6 Å². The van der Waals surface area contributed by atoms with E-state index >= 15 is 0 Å². The average Bonchev–Trinajstić information content (AvgIpc) is 2.61. The van der Waals surface area contributed by atoms with Crippen molar-refractivity contribution in [2.24, 2.45) is 0 Å². The number of ether oxygens (including phenoxy) is 1. The largest absolute Gasteiger partial charge is 0.573 e. The molecule has 0 saturated heterocycles. The number of carbonyl (C=O) groups excluding carboxylic acids is 1. The average molecular weight is 437 g/mol. The number of hydrogen-bond acceptors (Lipinski definition) is 4. The van der Waals surface area contributed by atoms with E-state index in [1.165, 1.54) is 43.3 Å². The minimum Gasteiger partial charge on any atom is -0.406 e. The van der Waals surface area contributed by atoms with E-state index in [0.29, 0.717) is 5.56 Å². The Morgan fingerprint density at radius 2 is 1.79 bits per heavy atom. The van der Waals surface area contributed by atoms with Crippen molar-refractivity contribution >= 4 is 27.5 Å². The molecule has 11 heteroatoms. The summed E-state index contributed by atoms with van der Waals surface area (Å²) in [4.78, 5) is 13.8. The maximum absolute atomic E-state index is 12.6. The Kier molecular flexibility index (Phi) is 6.58. The zero-order chi connectivity index (χ0) is 21.1. The van der Waals surface area contributed by atoms with Gasteiger partial charge in [-0.15, -0.1) is 13.2 Å². The molecule has 0 radical (unpaired) electrons. The van der Waals surface area contributed by atoms with Crippen LogP contribution in [-0.4, -0.2) is 39.7 Å². The predicted molar refractivity (Wildman–Crippen MR) is 96.6 cm³/mol. The van der Waals surface area contributed by atoms with E-state index in [1.54, 1.807) is 0 Å². The van der Waals surface area contributed by atoms with Gasteiger partial charge in [0.05, 0.1) is 15.5 Å². The lowest BCUT2D eigenvalue weighted by molar-refractivity contribution is -0.274. The molecule has 1 N–H and O–H groups in total. The molecule has 0 atom stereocenters. The van der Waals surface area contributed by atoms with E-state index in [-0.39, 0.29) is 27.8 Å². The maximum atomic E-state index is 12.6. The number of carbonyl (C=O) groups is 1. The van der Waals surface area contributed by atoms with Crippen LogP contribution in [0.2, 0.25) is 5.02 Å². The van der Waals surface area contributed by atoms with Gasteiger partial charge in [0.15, 0.2) is 0 Å². The molecule has 0 unspecified atom stereocenters. The van der Waals surface area contributed by atoms with Crippen molar-refractivity contribution in [2.75, 3.05) is 14.1 Å². The summed E-state index contributed by atoms with van der Waals surface area (Å²) >= 11 is 6.03. The van der Waals surface area contributed by atoms with Gasteiger partial charge in [0.25, 0.3) is 5.91 Å². The quantitative estimate of drug-likeness (QED) is 0.753. The maximum Gasteiger partial charge on any atom is 0.573 e. The normalized spacial score (nSPS) is 11.9. The summed E-state index contributed by atoms with van der Waals surface area (Å²) in [5.74, 6) is -0.924. The van der Waals surface area contributed by atoms with Gasteiger partial charge in [-0.1, -0.05) is 23.7 Å². The Balaban J connectivity index is 2.18. The van der Waals surface area contributed by atoms with Crippen molar-refractivity contribution in [3.63, 3.8) is 0 Å². The van der Waals surface area contributed by atoms with E-state index in [9.17, 15) is 26.4 Å². The summed E-state index contributed by atoms with van der Waals surface area (Å²) < 4.78 is 66.3. The first-order chi connectivity index (χ1) is 12.9. The molecule has 0 aliphatic heterocycles. The Labute approximate surface area is 164 Å². The molecule has 0 aliphatic rings. The minimum absolute atomic E-state index is 0.0162. The number of alkyl halides is 3. The Hall–Kier alpha value is -2.30. The van der Waals surface area contributed by atoms with Crippen LogP contribution in [0, 0.1) is 0 Å². The van der Waals surface area contributed by atoms with Gasteiger partial charge in [0.2, 0.25) is 10.0 Å². The summed E-state index contributed by atoms with van der Waals surface area (Å²) in [6, 6.07) is 8.76. The molecule has 152 valence electrons. The summed E-state index contributed by atoms with van der Waals surface area (Å²) in [5, 5.41) is 0.0702. The molecule has 0 fully saturated rings. The minimum atomic E-state index is -4.79. The van der Waals surface area contributed by atoms with Gasteiger partial charge in [-0.05, 0) is 42.9 Å². The Bertz CT molecular complexity index is 963. The topological polar surface area (TPSA) is 75.7 Å². The third-order valence-corrected chi connectivity index (χ3v) is 5.41. The number of nitrogens with zero attached hydrogens (tertiary/aromatic N) is 1. The van der Waals surface area contributed by atoms with Crippen LogP contribution in [-0.2, 0) is 16.6 Å². The highest BCUT2D eigenvalue weighted by atomic mass is 35.5. The van der Waals surface area contributed by atoms with E-state index in [1.807, 2.05) is 0 Å². The molecule has 0 heterocycles. The van der Waals surface area contributed by atoms with Crippen LogP contribution in [0.5, 0.6) is 5.75 Å². The van der Waals surface area contributed by atoms with Crippen molar-refractivity contribution in [3.05, 3.63) is 58.6 Å². The number of sulfonamides is 1. The number of hydrogen-bond donors (Lipinski definition) is 1. The van der Waals surface area contributed by atoms with Gasteiger partial charge in [-0.2, -0.15) is 0 Å². The molecule has 2 rings (SSSR count). The highest BCUT2D eigenvalue weighted by molar-refractivity contribution is 7.89. The van der Waals surface area contributed by atoms with Crippen LogP contribution >= 0.6 is 11.6 Å². The van der Waals surface area contributed by atoms with Crippen LogP contribution in [0.1, 0.15) is 15.9 Å².